The first-order valence-corrected chi connectivity index (χ1v) is 7.33. The maximum absolute atomic E-state index is 13.4. The smallest absolute Gasteiger partial charge is 0.245 e. The molecule has 1 aliphatic heterocycles. The van der Waals surface area contributed by atoms with Crippen molar-refractivity contribution in [1.29, 1.82) is 0 Å². The van der Waals surface area contributed by atoms with E-state index in [0.29, 0.717) is 18.8 Å². The van der Waals surface area contributed by atoms with Crippen LogP contribution in [0.15, 0.2) is 12.1 Å². The van der Waals surface area contributed by atoms with Crippen LogP contribution in [0.5, 0.6) is 0 Å². The number of hydrogen-bond donors (Lipinski definition) is 2. The Kier molecular flexibility index (Phi) is 3.91. The SMILES string of the molecule is Nc1cc(F)c(Cl)cc1N1CCOCC1C(=O)NC1CC1. The highest BCUT2D eigenvalue weighted by atomic mass is 35.5. The molecule has 0 spiro atoms. The number of anilines is 2. The summed E-state index contributed by atoms with van der Waals surface area (Å²) in [7, 11) is 0. The normalized spacial score (nSPS) is 22.2. The van der Waals surface area contributed by atoms with Crippen LogP contribution in [0, 0.1) is 5.82 Å². The first-order chi connectivity index (χ1) is 10.1. The third kappa shape index (κ3) is 3.06. The molecule has 2 fully saturated rings. The number of nitrogens with one attached hydrogen (secondary N) is 1. The zero-order valence-electron chi connectivity index (χ0n) is 11.4. The largest absolute Gasteiger partial charge is 0.397 e. The molecule has 3 rings (SSSR count). The highest BCUT2D eigenvalue weighted by molar-refractivity contribution is 6.31. The van der Waals surface area contributed by atoms with Crippen LogP contribution in [0.25, 0.3) is 0 Å². The Labute approximate surface area is 127 Å². The number of rotatable bonds is 3. The minimum atomic E-state index is -0.565. The predicted octanol–water partition coefficient (Wildman–Crippen LogP) is 1.55. The number of nitrogens with zero attached hydrogens (tertiary/aromatic N) is 1. The number of benzene rings is 1. The van der Waals surface area contributed by atoms with Gasteiger partial charge >= 0.3 is 0 Å². The third-order valence-corrected chi connectivity index (χ3v) is 4.02. The molecule has 114 valence electrons. The highest BCUT2D eigenvalue weighted by Gasteiger charge is 2.34. The summed E-state index contributed by atoms with van der Waals surface area (Å²) in [5.74, 6) is -0.651. The molecule has 1 saturated carbocycles. The second kappa shape index (κ2) is 5.69. The quantitative estimate of drug-likeness (QED) is 0.831. The molecule has 7 heteroatoms. The van der Waals surface area contributed by atoms with Crippen molar-refractivity contribution < 1.29 is 13.9 Å². The van der Waals surface area contributed by atoms with Crippen LogP contribution in [-0.4, -0.2) is 37.7 Å². The van der Waals surface area contributed by atoms with Crippen molar-refractivity contribution in [2.24, 2.45) is 0 Å². The number of nitrogen functional groups attached to an aromatic ring is 1. The summed E-state index contributed by atoms with van der Waals surface area (Å²) < 4.78 is 18.8. The maximum Gasteiger partial charge on any atom is 0.245 e. The fourth-order valence-electron chi connectivity index (χ4n) is 2.43. The van der Waals surface area contributed by atoms with Crippen LogP contribution >= 0.6 is 11.6 Å². The van der Waals surface area contributed by atoms with E-state index < -0.39 is 11.9 Å². The van der Waals surface area contributed by atoms with E-state index in [1.165, 1.54) is 12.1 Å². The van der Waals surface area contributed by atoms with E-state index in [9.17, 15) is 9.18 Å². The molecular weight excluding hydrogens is 297 g/mol. The van der Waals surface area contributed by atoms with Crippen molar-refractivity contribution in [2.75, 3.05) is 30.4 Å². The summed E-state index contributed by atoms with van der Waals surface area (Å²) in [5, 5.41) is 2.95. The molecule has 0 radical (unpaired) electrons. The average Bonchev–Trinajstić information content (AvgIpc) is 3.27. The van der Waals surface area contributed by atoms with Gasteiger partial charge in [0, 0.05) is 18.7 Å². The molecular formula is C14H17ClFN3O2. The second-order valence-electron chi connectivity index (χ2n) is 5.39. The van der Waals surface area contributed by atoms with Gasteiger partial charge in [0.05, 0.1) is 29.6 Å². The molecule has 1 aromatic carbocycles. The van der Waals surface area contributed by atoms with E-state index in [1.54, 1.807) is 0 Å². The van der Waals surface area contributed by atoms with Gasteiger partial charge in [-0.2, -0.15) is 0 Å². The fraction of sp³-hybridized carbons (Fsp3) is 0.500. The predicted molar refractivity (Wildman–Crippen MR) is 78.9 cm³/mol. The van der Waals surface area contributed by atoms with E-state index in [1.807, 2.05) is 4.90 Å². The van der Waals surface area contributed by atoms with E-state index in [4.69, 9.17) is 22.1 Å². The minimum absolute atomic E-state index is 0.00737. The Bertz CT molecular complexity index is 565. The van der Waals surface area contributed by atoms with Gasteiger partial charge in [-0.15, -0.1) is 0 Å². The van der Waals surface area contributed by atoms with Crippen molar-refractivity contribution in [1.82, 2.24) is 5.32 Å². The van der Waals surface area contributed by atoms with Gasteiger partial charge in [-0.05, 0) is 18.9 Å². The van der Waals surface area contributed by atoms with Gasteiger partial charge in [0.1, 0.15) is 11.9 Å². The number of carbonyl (C=O) groups excluding carboxylic acids is 1. The van der Waals surface area contributed by atoms with Crippen LogP contribution in [0.2, 0.25) is 5.02 Å². The second-order valence-corrected chi connectivity index (χ2v) is 5.80. The van der Waals surface area contributed by atoms with E-state index in [0.717, 1.165) is 12.8 Å². The molecule has 0 aromatic heterocycles. The molecule has 1 amide bonds. The summed E-state index contributed by atoms with van der Waals surface area (Å²) in [6, 6.07) is 2.45. The minimum Gasteiger partial charge on any atom is -0.397 e. The molecule has 1 saturated heterocycles. The van der Waals surface area contributed by atoms with Crippen molar-refractivity contribution in [3.8, 4) is 0 Å². The number of halogens is 2. The van der Waals surface area contributed by atoms with Crippen LogP contribution in [0.3, 0.4) is 0 Å². The Morgan fingerprint density at radius 3 is 2.95 bits per heavy atom. The first-order valence-electron chi connectivity index (χ1n) is 6.95. The van der Waals surface area contributed by atoms with Crippen LogP contribution in [-0.2, 0) is 9.53 Å². The lowest BCUT2D eigenvalue weighted by atomic mass is 10.1. The van der Waals surface area contributed by atoms with Crippen molar-refractivity contribution in [2.45, 2.75) is 24.9 Å². The molecule has 3 N–H and O–H groups in total. The number of carbonyl (C=O) groups is 1. The molecule has 1 unspecified atom stereocenters. The zero-order valence-corrected chi connectivity index (χ0v) is 12.2. The van der Waals surface area contributed by atoms with Gasteiger partial charge in [0.15, 0.2) is 0 Å². The van der Waals surface area contributed by atoms with Crippen LogP contribution in [0.1, 0.15) is 12.8 Å². The van der Waals surface area contributed by atoms with Gasteiger partial charge in [-0.3, -0.25) is 4.79 Å². The van der Waals surface area contributed by atoms with E-state index in [2.05, 4.69) is 5.32 Å². The number of hydrogen-bond acceptors (Lipinski definition) is 4. The molecule has 1 heterocycles. The van der Waals surface area contributed by atoms with Crippen LogP contribution in [0.4, 0.5) is 15.8 Å². The lowest BCUT2D eigenvalue weighted by Crippen LogP contribution is -2.54. The van der Waals surface area contributed by atoms with Crippen molar-refractivity contribution in [3.05, 3.63) is 23.0 Å². The summed E-state index contributed by atoms with van der Waals surface area (Å²) >= 11 is 5.84. The number of ether oxygens (including phenoxy) is 1. The Morgan fingerprint density at radius 1 is 1.48 bits per heavy atom. The highest BCUT2D eigenvalue weighted by Crippen LogP contribution is 2.32. The first kappa shape index (κ1) is 14.4. The molecule has 5 nitrogen and oxygen atoms in total. The summed E-state index contributed by atoms with van der Waals surface area (Å²) in [6.07, 6.45) is 2.04. The summed E-state index contributed by atoms with van der Waals surface area (Å²) in [4.78, 5) is 14.1. The number of nitrogens with two attached hydrogens (primary N) is 1. The molecule has 21 heavy (non-hydrogen) atoms. The molecule has 1 aromatic rings. The Hall–Kier alpha value is -1.53. The maximum atomic E-state index is 13.4. The molecule has 2 aliphatic rings. The van der Waals surface area contributed by atoms with Crippen molar-refractivity contribution in [3.63, 3.8) is 0 Å². The monoisotopic (exact) mass is 313 g/mol. The van der Waals surface area contributed by atoms with E-state index >= 15 is 0 Å². The van der Waals surface area contributed by atoms with Gasteiger partial charge in [-0.25, -0.2) is 4.39 Å². The zero-order chi connectivity index (χ0) is 15.0. The summed E-state index contributed by atoms with van der Waals surface area (Å²) in [6.45, 7) is 1.28. The molecule has 1 aliphatic carbocycles. The molecule has 0 bridgehead atoms. The standard InChI is InChI=1S/C14H17ClFN3O2/c15-9-5-12(11(17)6-10(9)16)19-3-4-21-7-13(19)14(20)18-8-1-2-8/h5-6,8,13H,1-4,7,17H2,(H,18,20). The number of amides is 1. The van der Waals surface area contributed by atoms with Crippen molar-refractivity contribution >= 4 is 28.9 Å². The van der Waals surface area contributed by atoms with Gasteiger partial charge in [-0.1, -0.05) is 11.6 Å². The summed E-state index contributed by atoms with van der Waals surface area (Å²) in [5.41, 5.74) is 6.72. The van der Waals surface area contributed by atoms with Gasteiger partial charge < -0.3 is 20.7 Å². The number of morpholine rings is 1. The Morgan fingerprint density at radius 2 is 2.24 bits per heavy atom. The molecule has 1 atom stereocenters. The lowest BCUT2D eigenvalue weighted by molar-refractivity contribution is -0.124. The fourth-order valence-corrected chi connectivity index (χ4v) is 2.59. The van der Waals surface area contributed by atoms with E-state index in [-0.39, 0.29) is 29.3 Å². The van der Waals surface area contributed by atoms with Crippen LogP contribution < -0.4 is 16.0 Å². The topological polar surface area (TPSA) is 67.6 Å². The Balaban J connectivity index is 1.86. The van der Waals surface area contributed by atoms with Gasteiger partial charge in [0.2, 0.25) is 5.91 Å². The third-order valence-electron chi connectivity index (χ3n) is 3.73. The van der Waals surface area contributed by atoms with Gasteiger partial charge in [0.25, 0.3) is 0 Å². The lowest BCUT2D eigenvalue weighted by Gasteiger charge is -2.37. The average molecular weight is 314 g/mol.